The van der Waals surface area contributed by atoms with Crippen LogP contribution >= 0.6 is 0 Å². The summed E-state index contributed by atoms with van der Waals surface area (Å²) in [6.07, 6.45) is 6.10. The van der Waals surface area contributed by atoms with Gasteiger partial charge in [0.2, 0.25) is 0 Å². The molecule has 0 fully saturated rings. The van der Waals surface area contributed by atoms with Gasteiger partial charge in [-0.3, -0.25) is 0 Å². The molecule has 1 aromatic heterocycles. The number of rotatable bonds is 8. The molecule has 4 nitrogen and oxygen atoms in total. The van der Waals surface area contributed by atoms with Gasteiger partial charge in [-0.25, -0.2) is 9.97 Å². The SMILES string of the molecule is CCCc1c(NC)ncnc1NC(C)C(CC)CC. The topological polar surface area (TPSA) is 49.8 Å². The first-order chi connectivity index (χ1) is 9.17. The molecule has 0 saturated heterocycles. The summed E-state index contributed by atoms with van der Waals surface area (Å²) in [6, 6.07) is 0.435. The molecule has 0 radical (unpaired) electrons. The minimum atomic E-state index is 0.435. The van der Waals surface area contributed by atoms with Gasteiger partial charge in [0.15, 0.2) is 0 Å². The Labute approximate surface area is 117 Å². The molecule has 2 N–H and O–H groups in total. The summed E-state index contributed by atoms with van der Waals surface area (Å²) in [5.41, 5.74) is 1.20. The summed E-state index contributed by atoms with van der Waals surface area (Å²) < 4.78 is 0. The maximum Gasteiger partial charge on any atom is 0.134 e. The summed E-state index contributed by atoms with van der Waals surface area (Å²) in [5.74, 6) is 2.61. The summed E-state index contributed by atoms with van der Waals surface area (Å²) in [6.45, 7) is 8.92. The zero-order chi connectivity index (χ0) is 14.3. The van der Waals surface area contributed by atoms with Crippen molar-refractivity contribution in [2.24, 2.45) is 5.92 Å². The number of anilines is 2. The third-order valence-corrected chi connectivity index (χ3v) is 3.80. The van der Waals surface area contributed by atoms with Crippen molar-refractivity contribution in [1.82, 2.24) is 9.97 Å². The maximum atomic E-state index is 4.43. The third kappa shape index (κ3) is 4.08. The van der Waals surface area contributed by atoms with Crippen molar-refractivity contribution in [2.45, 2.75) is 59.4 Å². The molecule has 0 saturated carbocycles. The van der Waals surface area contributed by atoms with Crippen molar-refractivity contribution >= 4 is 11.6 Å². The molecule has 4 heteroatoms. The van der Waals surface area contributed by atoms with Gasteiger partial charge in [-0.1, -0.05) is 40.0 Å². The highest BCUT2D eigenvalue weighted by molar-refractivity contribution is 5.57. The second-order valence-electron chi connectivity index (χ2n) is 5.06. The first-order valence-electron chi connectivity index (χ1n) is 7.45. The van der Waals surface area contributed by atoms with Crippen LogP contribution < -0.4 is 10.6 Å². The molecule has 1 aromatic rings. The number of aromatic nitrogens is 2. The molecule has 0 aliphatic carbocycles. The molecule has 0 bridgehead atoms. The quantitative estimate of drug-likeness (QED) is 0.751. The van der Waals surface area contributed by atoms with Crippen LogP contribution in [0.4, 0.5) is 11.6 Å². The van der Waals surface area contributed by atoms with Crippen molar-refractivity contribution < 1.29 is 0 Å². The van der Waals surface area contributed by atoms with Gasteiger partial charge in [-0.2, -0.15) is 0 Å². The fraction of sp³-hybridized carbons (Fsp3) is 0.733. The van der Waals surface area contributed by atoms with Crippen LogP contribution in [0, 0.1) is 5.92 Å². The van der Waals surface area contributed by atoms with E-state index in [1.165, 1.54) is 18.4 Å². The Bertz CT molecular complexity index is 374. The van der Waals surface area contributed by atoms with Crippen LogP contribution in [-0.4, -0.2) is 23.1 Å². The molecule has 19 heavy (non-hydrogen) atoms. The Balaban J connectivity index is 2.93. The summed E-state index contributed by atoms with van der Waals surface area (Å²) in [7, 11) is 1.91. The summed E-state index contributed by atoms with van der Waals surface area (Å²) in [4.78, 5) is 8.74. The molecular formula is C15H28N4. The Morgan fingerprint density at radius 2 is 1.74 bits per heavy atom. The zero-order valence-corrected chi connectivity index (χ0v) is 13.0. The first kappa shape index (κ1) is 15.7. The highest BCUT2D eigenvalue weighted by Crippen LogP contribution is 2.24. The minimum absolute atomic E-state index is 0.435. The predicted molar refractivity (Wildman–Crippen MR) is 82.7 cm³/mol. The second-order valence-corrected chi connectivity index (χ2v) is 5.06. The van der Waals surface area contributed by atoms with E-state index in [0.717, 1.165) is 24.5 Å². The Hall–Kier alpha value is -1.32. The van der Waals surface area contributed by atoms with E-state index in [1.54, 1.807) is 6.33 Å². The zero-order valence-electron chi connectivity index (χ0n) is 13.0. The fourth-order valence-corrected chi connectivity index (χ4v) is 2.57. The highest BCUT2D eigenvalue weighted by atomic mass is 15.1. The third-order valence-electron chi connectivity index (χ3n) is 3.80. The molecule has 0 amide bonds. The van der Waals surface area contributed by atoms with E-state index in [0.29, 0.717) is 12.0 Å². The van der Waals surface area contributed by atoms with E-state index in [2.05, 4.69) is 48.3 Å². The maximum absolute atomic E-state index is 4.43. The van der Waals surface area contributed by atoms with Gasteiger partial charge < -0.3 is 10.6 Å². The van der Waals surface area contributed by atoms with Crippen LogP contribution in [0.15, 0.2) is 6.33 Å². The standard InChI is InChI=1S/C15H28N4/c1-6-9-13-14(16-5)17-10-18-15(13)19-11(4)12(7-2)8-3/h10-12H,6-9H2,1-5H3,(H2,16,17,18,19). The molecular weight excluding hydrogens is 236 g/mol. The molecule has 1 rings (SSSR count). The van der Waals surface area contributed by atoms with Crippen molar-refractivity contribution in [3.05, 3.63) is 11.9 Å². The summed E-state index contributed by atoms with van der Waals surface area (Å²) >= 11 is 0. The molecule has 1 unspecified atom stereocenters. The predicted octanol–water partition coefficient (Wildman–Crippen LogP) is 3.71. The van der Waals surface area contributed by atoms with Gasteiger partial charge in [0.05, 0.1) is 0 Å². The van der Waals surface area contributed by atoms with Crippen molar-refractivity contribution in [1.29, 1.82) is 0 Å². The van der Waals surface area contributed by atoms with Crippen molar-refractivity contribution in [2.75, 3.05) is 17.7 Å². The van der Waals surface area contributed by atoms with Crippen LogP contribution in [0.5, 0.6) is 0 Å². The average molecular weight is 264 g/mol. The number of hydrogen-bond donors (Lipinski definition) is 2. The second kappa shape index (κ2) is 7.97. The van der Waals surface area contributed by atoms with Crippen LogP contribution in [0.2, 0.25) is 0 Å². The average Bonchev–Trinajstić information content (AvgIpc) is 2.42. The van der Waals surface area contributed by atoms with Crippen LogP contribution in [0.1, 0.15) is 52.5 Å². The Morgan fingerprint density at radius 3 is 2.26 bits per heavy atom. The van der Waals surface area contributed by atoms with Gasteiger partial charge in [0, 0.05) is 18.7 Å². The van der Waals surface area contributed by atoms with Crippen molar-refractivity contribution in [3.8, 4) is 0 Å². The molecule has 1 heterocycles. The lowest BCUT2D eigenvalue weighted by molar-refractivity contribution is 0.436. The van der Waals surface area contributed by atoms with E-state index in [9.17, 15) is 0 Å². The molecule has 0 spiro atoms. The monoisotopic (exact) mass is 264 g/mol. The van der Waals surface area contributed by atoms with Crippen LogP contribution in [0.25, 0.3) is 0 Å². The Morgan fingerprint density at radius 1 is 1.11 bits per heavy atom. The molecule has 1 atom stereocenters. The molecule has 0 aromatic carbocycles. The van der Waals surface area contributed by atoms with Gasteiger partial charge in [0.25, 0.3) is 0 Å². The largest absolute Gasteiger partial charge is 0.373 e. The lowest BCUT2D eigenvalue weighted by Crippen LogP contribution is -2.26. The van der Waals surface area contributed by atoms with Crippen LogP contribution in [-0.2, 0) is 6.42 Å². The van der Waals surface area contributed by atoms with E-state index < -0.39 is 0 Å². The first-order valence-corrected chi connectivity index (χ1v) is 7.45. The van der Waals surface area contributed by atoms with E-state index in [1.807, 2.05) is 7.05 Å². The smallest absolute Gasteiger partial charge is 0.134 e. The fourth-order valence-electron chi connectivity index (χ4n) is 2.57. The lowest BCUT2D eigenvalue weighted by Gasteiger charge is -2.24. The van der Waals surface area contributed by atoms with E-state index in [-0.39, 0.29) is 0 Å². The molecule has 0 aliphatic heterocycles. The normalized spacial score (nSPS) is 12.5. The van der Waals surface area contributed by atoms with Crippen molar-refractivity contribution in [3.63, 3.8) is 0 Å². The van der Waals surface area contributed by atoms with E-state index in [4.69, 9.17) is 0 Å². The molecule has 0 aliphatic rings. The minimum Gasteiger partial charge on any atom is -0.373 e. The van der Waals surface area contributed by atoms with E-state index >= 15 is 0 Å². The van der Waals surface area contributed by atoms with Gasteiger partial charge in [-0.05, 0) is 19.3 Å². The summed E-state index contributed by atoms with van der Waals surface area (Å²) in [5, 5.41) is 6.74. The number of nitrogens with zero attached hydrogens (tertiary/aromatic N) is 2. The van der Waals surface area contributed by atoms with Gasteiger partial charge >= 0.3 is 0 Å². The van der Waals surface area contributed by atoms with Crippen LogP contribution in [0.3, 0.4) is 0 Å². The Kier molecular flexibility index (Phi) is 6.60. The highest BCUT2D eigenvalue weighted by Gasteiger charge is 2.16. The molecule has 108 valence electrons. The van der Waals surface area contributed by atoms with Gasteiger partial charge in [-0.15, -0.1) is 0 Å². The number of hydrogen-bond acceptors (Lipinski definition) is 4. The van der Waals surface area contributed by atoms with Gasteiger partial charge in [0.1, 0.15) is 18.0 Å². The lowest BCUT2D eigenvalue weighted by atomic mass is 9.95. The number of nitrogens with one attached hydrogen (secondary N) is 2.